The summed E-state index contributed by atoms with van der Waals surface area (Å²) in [7, 11) is -1.00. The predicted octanol–water partition coefficient (Wildman–Crippen LogP) is 5.21. The maximum Gasteiger partial charge on any atom is 0.244 e. The number of halogens is 1. The van der Waals surface area contributed by atoms with Crippen molar-refractivity contribution in [1.29, 1.82) is 0 Å². The van der Waals surface area contributed by atoms with Gasteiger partial charge in [0, 0.05) is 30.1 Å². The van der Waals surface area contributed by atoms with Crippen molar-refractivity contribution >= 4 is 39.1 Å². The number of methoxy groups -OCH3 is 2. The zero-order valence-electron chi connectivity index (χ0n) is 25.4. The first-order valence-electron chi connectivity index (χ1n) is 14.7. The first-order chi connectivity index (χ1) is 21.1. The monoisotopic (exact) mass is 641 g/mol. The lowest BCUT2D eigenvalue weighted by Gasteiger charge is -2.35. The van der Waals surface area contributed by atoms with Gasteiger partial charge in [-0.3, -0.25) is 13.9 Å². The van der Waals surface area contributed by atoms with Crippen LogP contribution >= 0.6 is 11.6 Å². The van der Waals surface area contributed by atoms with Crippen LogP contribution in [0.4, 0.5) is 5.69 Å². The second-order valence-corrected chi connectivity index (χ2v) is 13.4. The lowest BCUT2D eigenvalue weighted by atomic mass is 9.94. The fraction of sp³-hybridized carbons (Fsp3) is 0.394. The van der Waals surface area contributed by atoms with Gasteiger partial charge in [-0.15, -0.1) is 0 Å². The smallest absolute Gasteiger partial charge is 0.244 e. The number of hydrogen-bond acceptors (Lipinski definition) is 6. The number of nitrogens with zero attached hydrogens (tertiary/aromatic N) is 2. The number of hydrogen-bond donors (Lipinski definition) is 1. The first-order valence-corrected chi connectivity index (χ1v) is 16.9. The van der Waals surface area contributed by atoms with Crippen LogP contribution in [-0.2, 0) is 32.6 Å². The van der Waals surface area contributed by atoms with Crippen LogP contribution in [0.3, 0.4) is 0 Å². The minimum absolute atomic E-state index is 0.0249. The van der Waals surface area contributed by atoms with Gasteiger partial charge in [0.2, 0.25) is 21.8 Å². The molecule has 0 bridgehead atoms. The average Bonchev–Trinajstić information content (AvgIpc) is 3.01. The molecule has 4 rings (SSSR count). The van der Waals surface area contributed by atoms with Crippen LogP contribution < -0.4 is 19.1 Å². The molecule has 0 aliphatic heterocycles. The number of amides is 2. The molecule has 1 aliphatic carbocycles. The van der Waals surface area contributed by atoms with E-state index in [2.05, 4.69) is 5.32 Å². The summed E-state index contributed by atoms with van der Waals surface area (Å²) >= 11 is 6.29. The maximum atomic E-state index is 14.3. The van der Waals surface area contributed by atoms with Crippen LogP contribution in [-0.4, -0.2) is 64.2 Å². The molecule has 44 heavy (non-hydrogen) atoms. The Kier molecular flexibility index (Phi) is 11.5. The summed E-state index contributed by atoms with van der Waals surface area (Å²) in [5.74, 6) is -0.0744. The van der Waals surface area contributed by atoms with Crippen molar-refractivity contribution in [3.63, 3.8) is 0 Å². The molecule has 1 unspecified atom stereocenters. The summed E-state index contributed by atoms with van der Waals surface area (Å²) in [6.45, 7) is -0.477. The van der Waals surface area contributed by atoms with E-state index in [0.717, 1.165) is 48.2 Å². The van der Waals surface area contributed by atoms with E-state index in [-0.39, 0.29) is 30.6 Å². The Morgan fingerprint density at radius 3 is 2.23 bits per heavy atom. The second kappa shape index (κ2) is 15.3. The van der Waals surface area contributed by atoms with E-state index in [9.17, 15) is 18.0 Å². The SMILES string of the molecule is COc1ccc(N(CC(=O)N(Cc2cccc(Cl)c2)C(Cc2ccccc2)C(=O)NC2CCCCC2)S(C)(=O)=O)cc1OC. The first kappa shape index (κ1) is 33.1. The van der Waals surface area contributed by atoms with Crippen molar-refractivity contribution in [2.75, 3.05) is 31.3 Å². The van der Waals surface area contributed by atoms with Crippen molar-refractivity contribution in [2.24, 2.45) is 0 Å². The number of carbonyl (C=O) groups is 2. The van der Waals surface area contributed by atoms with Gasteiger partial charge in [-0.2, -0.15) is 0 Å². The molecule has 1 saturated carbocycles. The van der Waals surface area contributed by atoms with Gasteiger partial charge >= 0.3 is 0 Å². The van der Waals surface area contributed by atoms with Crippen LogP contribution in [0.2, 0.25) is 5.02 Å². The fourth-order valence-corrected chi connectivity index (χ4v) is 6.58. The number of anilines is 1. The van der Waals surface area contributed by atoms with E-state index in [4.69, 9.17) is 21.1 Å². The number of sulfonamides is 1. The molecule has 0 aromatic heterocycles. The third kappa shape index (κ3) is 8.89. The van der Waals surface area contributed by atoms with Crippen LogP contribution in [0.5, 0.6) is 11.5 Å². The zero-order chi connectivity index (χ0) is 31.7. The molecule has 1 N–H and O–H groups in total. The highest BCUT2D eigenvalue weighted by Crippen LogP contribution is 2.32. The molecule has 1 atom stereocenters. The average molecular weight is 642 g/mol. The molecule has 1 aliphatic rings. The molecule has 1 fully saturated rings. The molecule has 236 valence electrons. The van der Waals surface area contributed by atoms with Crippen molar-refractivity contribution in [3.05, 3.63) is 88.9 Å². The molecular weight excluding hydrogens is 602 g/mol. The van der Waals surface area contributed by atoms with Gasteiger partial charge in [-0.05, 0) is 48.2 Å². The molecular formula is C33H40ClN3O6S. The zero-order valence-corrected chi connectivity index (χ0v) is 26.9. The third-order valence-electron chi connectivity index (χ3n) is 7.80. The van der Waals surface area contributed by atoms with Crippen molar-refractivity contribution in [3.8, 4) is 11.5 Å². The van der Waals surface area contributed by atoms with Gasteiger partial charge in [-0.1, -0.05) is 73.3 Å². The van der Waals surface area contributed by atoms with Crippen LogP contribution in [0.25, 0.3) is 0 Å². The standard InChI is InChI=1S/C33H40ClN3O6S/c1-42-30-18-17-28(21-31(30)43-2)37(44(3,40)41)23-32(38)36(22-25-13-10-14-26(34)19-25)29(20-24-11-6-4-7-12-24)33(39)35-27-15-8-5-9-16-27/h4,6-7,10-14,17-19,21,27,29H,5,8-9,15-16,20,22-23H2,1-3H3,(H,35,39). The Bertz CT molecular complexity index is 1530. The normalized spacial score (nSPS) is 14.4. The van der Waals surface area contributed by atoms with Gasteiger partial charge < -0.3 is 19.7 Å². The van der Waals surface area contributed by atoms with Crippen LogP contribution in [0, 0.1) is 0 Å². The molecule has 0 heterocycles. The summed E-state index contributed by atoms with van der Waals surface area (Å²) in [6.07, 6.45) is 6.26. The molecule has 0 spiro atoms. The lowest BCUT2D eigenvalue weighted by molar-refractivity contribution is -0.140. The van der Waals surface area contributed by atoms with Crippen molar-refractivity contribution < 1.29 is 27.5 Å². The second-order valence-electron chi connectivity index (χ2n) is 11.0. The summed E-state index contributed by atoms with van der Waals surface area (Å²) in [4.78, 5) is 29.8. The molecule has 11 heteroatoms. The fourth-order valence-electron chi connectivity index (χ4n) is 5.52. The summed E-state index contributed by atoms with van der Waals surface area (Å²) in [5.41, 5.74) is 1.82. The predicted molar refractivity (Wildman–Crippen MR) is 173 cm³/mol. The van der Waals surface area contributed by atoms with Gasteiger partial charge in [0.05, 0.1) is 26.2 Å². The third-order valence-corrected chi connectivity index (χ3v) is 9.17. The Balaban J connectivity index is 1.74. The van der Waals surface area contributed by atoms with E-state index in [0.29, 0.717) is 22.1 Å². The quantitative estimate of drug-likeness (QED) is 0.275. The van der Waals surface area contributed by atoms with Gasteiger partial charge in [0.15, 0.2) is 11.5 Å². The summed E-state index contributed by atoms with van der Waals surface area (Å²) < 4.78 is 37.9. The number of benzene rings is 3. The highest BCUT2D eigenvalue weighted by atomic mass is 35.5. The Morgan fingerprint density at radius 1 is 0.909 bits per heavy atom. The topological polar surface area (TPSA) is 105 Å². The minimum Gasteiger partial charge on any atom is -0.493 e. The largest absolute Gasteiger partial charge is 0.493 e. The van der Waals surface area contributed by atoms with E-state index >= 15 is 0 Å². The molecule has 0 radical (unpaired) electrons. The molecule has 3 aromatic carbocycles. The number of rotatable bonds is 13. The van der Waals surface area contributed by atoms with E-state index in [1.165, 1.54) is 25.2 Å². The van der Waals surface area contributed by atoms with E-state index in [1.54, 1.807) is 30.3 Å². The number of ether oxygens (including phenoxy) is 2. The van der Waals surface area contributed by atoms with Gasteiger partial charge in [0.1, 0.15) is 12.6 Å². The highest BCUT2D eigenvalue weighted by Gasteiger charge is 2.34. The molecule has 2 amide bonds. The Morgan fingerprint density at radius 2 is 1.59 bits per heavy atom. The summed E-state index contributed by atoms with van der Waals surface area (Å²) in [6, 6.07) is 20.3. The van der Waals surface area contributed by atoms with Crippen molar-refractivity contribution in [1.82, 2.24) is 10.2 Å². The van der Waals surface area contributed by atoms with Crippen molar-refractivity contribution in [2.45, 2.75) is 57.2 Å². The molecule has 3 aromatic rings. The van der Waals surface area contributed by atoms with Gasteiger partial charge in [0.25, 0.3) is 0 Å². The minimum atomic E-state index is -3.93. The van der Waals surface area contributed by atoms with E-state index in [1.807, 2.05) is 36.4 Å². The van der Waals surface area contributed by atoms with Crippen LogP contribution in [0.15, 0.2) is 72.8 Å². The Hall–Kier alpha value is -3.76. The number of carbonyl (C=O) groups excluding carboxylic acids is 2. The lowest BCUT2D eigenvalue weighted by Crippen LogP contribution is -2.55. The molecule has 9 nitrogen and oxygen atoms in total. The van der Waals surface area contributed by atoms with E-state index < -0.39 is 28.5 Å². The highest BCUT2D eigenvalue weighted by molar-refractivity contribution is 7.92. The Labute approximate surface area is 265 Å². The maximum absolute atomic E-state index is 14.3. The molecule has 0 saturated heterocycles. The van der Waals surface area contributed by atoms with Crippen LogP contribution in [0.1, 0.15) is 43.2 Å². The van der Waals surface area contributed by atoms with Gasteiger partial charge in [-0.25, -0.2) is 8.42 Å². The summed E-state index contributed by atoms with van der Waals surface area (Å²) in [5, 5.41) is 3.68. The number of nitrogens with one attached hydrogen (secondary N) is 1.